The summed E-state index contributed by atoms with van der Waals surface area (Å²) in [5, 5.41) is 0. The molecule has 0 fully saturated rings. The third-order valence-electron chi connectivity index (χ3n) is 7.42. The van der Waals surface area contributed by atoms with Gasteiger partial charge in [-0.15, -0.1) is 0 Å². The van der Waals surface area contributed by atoms with Crippen LogP contribution in [0.15, 0.2) is 109 Å². The fraction of sp³-hybridized carbons (Fsp3) is 0.125. The zero-order valence-electron chi connectivity index (χ0n) is 19.1. The number of nitrogen functional groups attached to an aromatic ring is 1. The van der Waals surface area contributed by atoms with Crippen LogP contribution in [0.1, 0.15) is 47.2 Å². The molecule has 0 heterocycles. The average molecular weight is 426 g/mol. The molecular weight excluding hydrogens is 398 g/mol. The first kappa shape index (κ1) is 19.8. The molecule has 0 aromatic heterocycles. The van der Waals surface area contributed by atoms with E-state index < -0.39 is 0 Å². The van der Waals surface area contributed by atoms with Crippen molar-refractivity contribution >= 4 is 11.3 Å². The number of allylic oxidation sites excluding steroid dienone is 4. The molecular formula is C32H27N. The Morgan fingerprint density at radius 3 is 2.09 bits per heavy atom. The van der Waals surface area contributed by atoms with Gasteiger partial charge in [-0.3, -0.25) is 0 Å². The van der Waals surface area contributed by atoms with E-state index in [9.17, 15) is 0 Å². The van der Waals surface area contributed by atoms with Gasteiger partial charge in [-0.05, 0) is 82.0 Å². The quantitative estimate of drug-likeness (QED) is 0.337. The summed E-state index contributed by atoms with van der Waals surface area (Å²) >= 11 is 0. The highest BCUT2D eigenvalue weighted by atomic mass is 14.6. The Balaban J connectivity index is 1.69. The van der Waals surface area contributed by atoms with Crippen molar-refractivity contribution in [1.29, 1.82) is 0 Å². The highest BCUT2D eigenvalue weighted by Gasteiger charge is 2.51. The van der Waals surface area contributed by atoms with Gasteiger partial charge in [-0.25, -0.2) is 0 Å². The molecule has 2 aliphatic carbocycles. The first-order chi connectivity index (χ1) is 16.2. The number of rotatable bonds is 3. The van der Waals surface area contributed by atoms with Crippen LogP contribution in [0.3, 0.4) is 0 Å². The van der Waals surface area contributed by atoms with E-state index in [2.05, 4.69) is 117 Å². The van der Waals surface area contributed by atoms with Crippen molar-refractivity contribution in [3.8, 4) is 11.1 Å². The van der Waals surface area contributed by atoms with Crippen LogP contribution in [0.4, 0.5) is 5.69 Å². The largest absolute Gasteiger partial charge is 0.398 e. The normalized spacial score (nSPS) is 18.1. The molecule has 1 nitrogen and oxygen atoms in total. The number of anilines is 1. The Morgan fingerprint density at radius 1 is 0.727 bits per heavy atom. The smallest absolute Gasteiger partial charge is 0.0722 e. The van der Waals surface area contributed by atoms with Gasteiger partial charge >= 0.3 is 0 Å². The molecule has 33 heavy (non-hydrogen) atoms. The summed E-state index contributed by atoms with van der Waals surface area (Å²) in [4.78, 5) is 0. The van der Waals surface area contributed by atoms with Crippen LogP contribution >= 0.6 is 0 Å². The van der Waals surface area contributed by atoms with Gasteiger partial charge in [0, 0.05) is 5.69 Å². The standard InChI is InChI=1S/C32H27N/c1-3-11-27-21(2)24-14-7-9-16-28(24)32(27)29-17-10-8-15-25(29)26-20-31(33)23(19-30(26)32)18-22-12-5-4-6-13-22/h3-17,19-20H,18,33H2,1-2H3/b11-3-. The van der Waals surface area contributed by atoms with Crippen LogP contribution < -0.4 is 5.73 Å². The second kappa shape index (κ2) is 7.35. The minimum absolute atomic E-state index is 0.307. The summed E-state index contributed by atoms with van der Waals surface area (Å²) in [6.07, 6.45) is 5.32. The lowest BCUT2D eigenvalue weighted by Crippen LogP contribution is -2.27. The molecule has 6 rings (SSSR count). The van der Waals surface area contributed by atoms with Gasteiger partial charge in [-0.2, -0.15) is 0 Å². The number of fused-ring (bicyclic) bond motifs is 7. The molecule has 2 N–H and O–H groups in total. The van der Waals surface area contributed by atoms with E-state index in [-0.39, 0.29) is 5.41 Å². The SMILES string of the molecule is C/C=C\C1=C(C)c2ccccc2C12c1ccccc1-c1cc(N)c(Cc3ccccc3)cc12. The predicted octanol–water partition coefficient (Wildman–Crippen LogP) is 7.54. The zero-order valence-corrected chi connectivity index (χ0v) is 19.1. The molecule has 1 unspecified atom stereocenters. The fourth-order valence-corrected chi connectivity index (χ4v) is 6.06. The maximum absolute atomic E-state index is 6.67. The van der Waals surface area contributed by atoms with E-state index in [0.29, 0.717) is 0 Å². The summed E-state index contributed by atoms with van der Waals surface area (Å²) in [6, 6.07) is 33.0. The average Bonchev–Trinajstić information content (AvgIpc) is 3.26. The van der Waals surface area contributed by atoms with E-state index in [1.165, 1.54) is 55.7 Å². The molecule has 4 aromatic rings. The van der Waals surface area contributed by atoms with Crippen molar-refractivity contribution in [3.63, 3.8) is 0 Å². The molecule has 0 radical (unpaired) electrons. The first-order valence-electron chi connectivity index (χ1n) is 11.7. The molecule has 1 atom stereocenters. The van der Waals surface area contributed by atoms with Crippen LogP contribution in [-0.2, 0) is 11.8 Å². The topological polar surface area (TPSA) is 26.0 Å². The molecule has 1 heteroatoms. The minimum atomic E-state index is -0.307. The Kier molecular flexibility index (Phi) is 4.41. The summed E-state index contributed by atoms with van der Waals surface area (Å²) in [6.45, 7) is 4.38. The van der Waals surface area contributed by atoms with Gasteiger partial charge in [0.1, 0.15) is 0 Å². The highest BCUT2D eigenvalue weighted by Crippen LogP contribution is 2.62. The van der Waals surface area contributed by atoms with Crippen LogP contribution in [-0.4, -0.2) is 0 Å². The third kappa shape index (κ3) is 2.66. The van der Waals surface area contributed by atoms with Crippen molar-refractivity contribution in [1.82, 2.24) is 0 Å². The third-order valence-corrected chi connectivity index (χ3v) is 7.42. The van der Waals surface area contributed by atoms with Crippen molar-refractivity contribution in [3.05, 3.63) is 142 Å². The monoisotopic (exact) mass is 425 g/mol. The van der Waals surface area contributed by atoms with Gasteiger partial charge < -0.3 is 5.73 Å². The van der Waals surface area contributed by atoms with Crippen molar-refractivity contribution in [2.24, 2.45) is 0 Å². The maximum Gasteiger partial charge on any atom is 0.0722 e. The van der Waals surface area contributed by atoms with Gasteiger partial charge in [0.05, 0.1) is 5.41 Å². The van der Waals surface area contributed by atoms with Crippen LogP contribution in [0.2, 0.25) is 0 Å². The number of hydrogen-bond donors (Lipinski definition) is 1. The van der Waals surface area contributed by atoms with Crippen LogP contribution in [0.25, 0.3) is 16.7 Å². The number of nitrogens with two attached hydrogens (primary N) is 1. The molecule has 1 spiro atoms. The fourth-order valence-electron chi connectivity index (χ4n) is 6.06. The highest BCUT2D eigenvalue weighted by molar-refractivity contribution is 5.96. The van der Waals surface area contributed by atoms with Gasteiger partial charge in [0.2, 0.25) is 0 Å². The van der Waals surface area contributed by atoms with E-state index in [4.69, 9.17) is 5.73 Å². The van der Waals surface area contributed by atoms with E-state index in [1.807, 2.05) is 0 Å². The first-order valence-corrected chi connectivity index (χ1v) is 11.7. The van der Waals surface area contributed by atoms with Gasteiger partial charge in [0.15, 0.2) is 0 Å². The molecule has 160 valence electrons. The van der Waals surface area contributed by atoms with Gasteiger partial charge in [0.25, 0.3) is 0 Å². The van der Waals surface area contributed by atoms with Crippen molar-refractivity contribution in [2.45, 2.75) is 25.7 Å². The summed E-state index contributed by atoms with van der Waals surface area (Å²) in [5.74, 6) is 0. The van der Waals surface area contributed by atoms with Gasteiger partial charge in [-0.1, -0.05) is 97.1 Å². The summed E-state index contributed by atoms with van der Waals surface area (Å²) in [7, 11) is 0. The van der Waals surface area contributed by atoms with Crippen molar-refractivity contribution in [2.75, 3.05) is 5.73 Å². The second-order valence-corrected chi connectivity index (χ2v) is 9.14. The summed E-state index contributed by atoms with van der Waals surface area (Å²) < 4.78 is 0. The van der Waals surface area contributed by atoms with E-state index in [1.54, 1.807) is 0 Å². The zero-order chi connectivity index (χ0) is 22.6. The van der Waals surface area contributed by atoms with Crippen molar-refractivity contribution < 1.29 is 0 Å². The maximum atomic E-state index is 6.67. The molecule has 0 bridgehead atoms. The lowest BCUT2D eigenvalue weighted by Gasteiger charge is -2.32. The Hall–Kier alpha value is -3.84. The molecule has 4 aromatic carbocycles. The van der Waals surface area contributed by atoms with E-state index >= 15 is 0 Å². The molecule has 0 aliphatic heterocycles. The minimum Gasteiger partial charge on any atom is -0.398 e. The Labute approximate surface area is 195 Å². The Bertz CT molecular complexity index is 1460. The molecule has 2 aliphatic rings. The van der Waals surface area contributed by atoms with Crippen LogP contribution in [0.5, 0.6) is 0 Å². The van der Waals surface area contributed by atoms with Crippen LogP contribution in [0, 0.1) is 0 Å². The lowest BCUT2D eigenvalue weighted by molar-refractivity contribution is 0.784. The van der Waals surface area contributed by atoms with E-state index in [0.717, 1.165) is 12.1 Å². The Morgan fingerprint density at radius 2 is 1.36 bits per heavy atom. The lowest BCUT2D eigenvalue weighted by atomic mass is 9.69. The summed E-state index contributed by atoms with van der Waals surface area (Å²) in [5.41, 5.74) is 20.4. The molecule has 0 amide bonds. The predicted molar refractivity (Wildman–Crippen MR) is 139 cm³/mol. The number of benzene rings is 4. The molecule has 0 saturated heterocycles. The second-order valence-electron chi connectivity index (χ2n) is 9.14. The number of hydrogen-bond acceptors (Lipinski definition) is 1. The molecule has 0 saturated carbocycles.